The quantitative estimate of drug-likeness (QED) is 0.656. The highest BCUT2D eigenvalue weighted by atomic mass is 16.2. The van der Waals surface area contributed by atoms with Crippen LogP contribution in [-0.2, 0) is 4.79 Å². The van der Waals surface area contributed by atoms with Crippen LogP contribution >= 0.6 is 0 Å². The molecule has 13 heavy (non-hydrogen) atoms. The molecule has 1 heterocycles. The summed E-state index contributed by atoms with van der Waals surface area (Å²) in [6, 6.07) is 3.72. The third-order valence-electron chi connectivity index (χ3n) is 1.72. The molecular weight excluding hydrogens is 166 g/mol. The number of carbonyl (C=O) groups excluding carboxylic acids is 1. The number of nitrogens with zero attached hydrogens (tertiary/aromatic N) is 1. The number of nitrogens with two attached hydrogens (primary N) is 1. The van der Waals surface area contributed by atoms with Crippen molar-refractivity contribution in [2.75, 3.05) is 12.0 Å². The summed E-state index contributed by atoms with van der Waals surface area (Å²) in [6.45, 7) is 0.650. The van der Waals surface area contributed by atoms with Gasteiger partial charge in [-0.15, -0.1) is 0 Å². The van der Waals surface area contributed by atoms with Gasteiger partial charge in [-0.1, -0.05) is 0 Å². The van der Waals surface area contributed by atoms with Gasteiger partial charge in [0.2, 0.25) is 5.91 Å². The Morgan fingerprint density at radius 3 is 2.62 bits per heavy atom. The van der Waals surface area contributed by atoms with Gasteiger partial charge in [-0.05, 0) is 31.5 Å². The minimum atomic E-state index is 0.0321. The van der Waals surface area contributed by atoms with Gasteiger partial charge in [-0.2, -0.15) is 0 Å². The monoisotopic (exact) mass is 181 g/mol. The summed E-state index contributed by atoms with van der Waals surface area (Å²) in [6.07, 6.45) is 5.87. The minimum absolute atomic E-state index is 0.0321. The van der Waals surface area contributed by atoms with Crippen molar-refractivity contribution in [3.8, 4) is 0 Å². The molecule has 4 nitrogen and oxygen atoms in total. The molecule has 1 aromatic heterocycles. The Balaban J connectivity index is 2.18. The second kappa shape index (κ2) is 5.37. The third kappa shape index (κ3) is 3.75. The van der Waals surface area contributed by atoms with Crippen molar-refractivity contribution < 1.29 is 4.79 Å². The molecule has 0 atom stereocenters. The lowest BCUT2D eigenvalue weighted by molar-refractivity contribution is -0.117. The zero-order chi connectivity index (χ0) is 9.52. The van der Waals surface area contributed by atoms with Crippen LogP contribution in [0.1, 0.15) is 19.3 Å². The van der Waals surface area contributed by atoms with Gasteiger partial charge in [-0.25, -0.2) is 0 Å². The van der Waals surface area contributed by atoms with E-state index in [4.69, 9.17) is 5.73 Å². The van der Waals surface area contributed by atoms with Gasteiger partial charge in [0, 0.05) is 18.8 Å². The van der Waals surface area contributed by atoms with E-state index < -0.39 is 0 Å². The van der Waals surface area contributed by atoms with Crippen LogP contribution in [0, 0.1) is 0 Å². The molecule has 0 radical (unpaired) electrons. The molecule has 0 saturated carbocycles. The SMILES string of the molecule is NCCCCC(=O)Nn1cccc1. The maximum Gasteiger partial charge on any atom is 0.238 e. The van der Waals surface area contributed by atoms with Crippen LogP contribution < -0.4 is 11.2 Å². The molecule has 0 unspecified atom stereocenters. The maximum absolute atomic E-state index is 11.2. The largest absolute Gasteiger partial charge is 0.330 e. The zero-order valence-corrected chi connectivity index (χ0v) is 7.57. The van der Waals surface area contributed by atoms with E-state index in [-0.39, 0.29) is 5.91 Å². The highest BCUT2D eigenvalue weighted by Gasteiger charge is 1.99. The molecule has 1 amide bonds. The molecule has 0 aliphatic rings. The first-order chi connectivity index (χ1) is 6.33. The van der Waals surface area contributed by atoms with E-state index in [0.29, 0.717) is 13.0 Å². The molecule has 0 aromatic carbocycles. The summed E-state index contributed by atoms with van der Waals surface area (Å²) < 4.78 is 1.64. The van der Waals surface area contributed by atoms with Gasteiger partial charge in [0.15, 0.2) is 0 Å². The first kappa shape index (κ1) is 9.80. The Kier molecular flexibility index (Phi) is 4.05. The van der Waals surface area contributed by atoms with Crippen LogP contribution in [0.4, 0.5) is 0 Å². The van der Waals surface area contributed by atoms with E-state index in [9.17, 15) is 4.79 Å². The fourth-order valence-corrected chi connectivity index (χ4v) is 1.04. The first-order valence-corrected chi connectivity index (χ1v) is 4.46. The summed E-state index contributed by atoms with van der Waals surface area (Å²) in [5, 5.41) is 0. The van der Waals surface area contributed by atoms with Crippen LogP contribution in [0.5, 0.6) is 0 Å². The molecule has 3 N–H and O–H groups in total. The van der Waals surface area contributed by atoms with Crippen molar-refractivity contribution in [2.45, 2.75) is 19.3 Å². The number of unbranched alkanes of at least 4 members (excludes halogenated alkanes) is 1. The highest BCUT2D eigenvalue weighted by molar-refractivity contribution is 5.83. The number of rotatable bonds is 5. The molecule has 0 spiro atoms. The lowest BCUT2D eigenvalue weighted by Crippen LogP contribution is -2.21. The van der Waals surface area contributed by atoms with Gasteiger partial charge in [-0.3, -0.25) is 14.9 Å². The van der Waals surface area contributed by atoms with Crippen molar-refractivity contribution in [2.24, 2.45) is 5.73 Å². The average molecular weight is 181 g/mol. The van der Waals surface area contributed by atoms with Crippen LogP contribution in [0.25, 0.3) is 0 Å². The number of hydrogen-bond acceptors (Lipinski definition) is 2. The van der Waals surface area contributed by atoms with Crippen LogP contribution in [0.2, 0.25) is 0 Å². The third-order valence-corrected chi connectivity index (χ3v) is 1.72. The fraction of sp³-hybridized carbons (Fsp3) is 0.444. The average Bonchev–Trinajstić information content (AvgIpc) is 2.57. The number of carbonyl (C=O) groups is 1. The van der Waals surface area contributed by atoms with Gasteiger partial charge in [0.1, 0.15) is 0 Å². The number of aromatic nitrogens is 1. The van der Waals surface area contributed by atoms with Crippen molar-refractivity contribution in [3.05, 3.63) is 24.5 Å². The van der Waals surface area contributed by atoms with Crippen molar-refractivity contribution in [1.82, 2.24) is 4.68 Å². The van der Waals surface area contributed by atoms with Crippen molar-refractivity contribution >= 4 is 5.91 Å². The second-order valence-corrected chi connectivity index (χ2v) is 2.87. The summed E-state index contributed by atoms with van der Waals surface area (Å²) in [5.74, 6) is 0.0321. The fourth-order valence-electron chi connectivity index (χ4n) is 1.04. The summed E-state index contributed by atoms with van der Waals surface area (Å²) in [7, 11) is 0. The molecule has 0 bridgehead atoms. The topological polar surface area (TPSA) is 60.1 Å². The molecule has 1 rings (SSSR count). The Hall–Kier alpha value is -1.29. The zero-order valence-electron chi connectivity index (χ0n) is 7.57. The molecule has 72 valence electrons. The Morgan fingerprint density at radius 2 is 2.00 bits per heavy atom. The van der Waals surface area contributed by atoms with Gasteiger partial charge in [0.25, 0.3) is 0 Å². The number of nitrogens with one attached hydrogen (secondary N) is 1. The number of hydrogen-bond donors (Lipinski definition) is 2. The molecule has 0 fully saturated rings. The predicted molar refractivity (Wildman–Crippen MR) is 51.7 cm³/mol. The number of amides is 1. The van der Waals surface area contributed by atoms with Crippen LogP contribution in [0.3, 0.4) is 0 Å². The van der Waals surface area contributed by atoms with Gasteiger partial charge >= 0.3 is 0 Å². The molecule has 0 aliphatic carbocycles. The van der Waals surface area contributed by atoms with Gasteiger partial charge < -0.3 is 5.73 Å². The Labute approximate surface area is 77.7 Å². The predicted octanol–water partition coefficient (Wildman–Crippen LogP) is 0.687. The van der Waals surface area contributed by atoms with E-state index >= 15 is 0 Å². The Bertz CT molecular complexity index is 243. The normalized spacial score (nSPS) is 9.92. The van der Waals surface area contributed by atoms with Crippen LogP contribution in [0.15, 0.2) is 24.5 Å². The van der Waals surface area contributed by atoms with E-state index in [0.717, 1.165) is 12.8 Å². The lowest BCUT2D eigenvalue weighted by Gasteiger charge is -2.04. The van der Waals surface area contributed by atoms with Crippen molar-refractivity contribution in [1.29, 1.82) is 0 Å². The Morgan fingerprint density at radius 1 is 1.31 bits per heavy atom. The standard InChI is InChI=1S/C9H15N3O/c10-6-2-1-5-9(13)11-12-7-3-4-8-12/h3-4,7-8H,1-2,5-6,10H2,(H,11,13). The molecule has 1 aromatic rings. The molecule has 0 saturated heterocycles. The first-order valence-electron chi connectivity index (χ1n) is 4.46. The van der Waals surface area contributed by atoms with Crippen molar-refractivity contribution in [3.63, 3.8) is 0 Å². The lowest BCUT2D eigenvalue weighted by atomic mass is 10.2. The second-order valence-electron chi connectivity index (χ2n) is 2.87. The van der Waals surface area contributed by atoms with Gasteiger partial charge in [0.05, 0.1) is 0 Å². The summed E-state index contributed by atoms with van der Waals surface area (Å²) in [5.41, 5.74) is 8.03. The van der Waals surface area contributed by atoms with Crippen LogP contribution in [-0.4, -0.2) is 17.1 Å². The molecule has 4 heteroatoms. The van der Waals surface area contributed by atoms with E-state index in [1.54, 1.807) is 17.1 Å². The smallest absolute Gasteiger partial charge is 0.238 e. The molecular formula is C9H15N3O. The summed E-state index contributed by atoms with van der Waals surface area (Å²) >= 11 is 0. The maximum atomic E-state index is 11.2. The van der Waals surface area contributed by atoms with E-state index in [1.165, 1.54) is 0 Å². The minimum Gasteiger partial charge on any atom is -0.330 e. The summed E-state index contributed by atoms with van der Waals surface area (Å²) in [4.78, 5) is 11.2. The molecule has 0 aliphatic heterocycles. The highest BCUT2D eigenvalue weighted by Crippen LogP contribution is 1.94. The van der Waals surface area contributed by atoms with E-state index in [1.807, 2.05) is 12.1 Å². The van der Waals surface area contributed by atoms with E-state index in [2.05, 4.69) is 5.43 Å².